The van der Waals surface area contributed by atoms with Crippen LogP contribution in [0.25, 0.3) is 0 Å². The third-order valence-electron chi connectivity index (χ3n) is 3.50. The van der Waals surface area contributed by atoms with Crippen LogP contribution in [0.1, 0.15) is 35.8 Å². The van der Waals surface area contributed by atoms with E-state index in [-0.39, 0.29) is 18.0 Å². The van der Waals surface area contributed by atoms with Crippen LogP contribution in [0.2, 0.25) is 0 Å². The van der Waals surface area contributed by atoms with Crippen LogP contribution in [0, 0.1) is 0 Å². The highest BCUT2D eigenvalue weighted by Crippen LogP contribution is 2.26. The lowest BCUT2D eigenvalue weighted by Gasteiger charge is -2.16. The fourth-order valence-electron chi connectivity index (χ4n) is 2.45. The van der Waals surface area contributed by atoms with Crippen molar-refractivity contribution in [3.8, 4) is 0 Å². The van der Waals surface area contributed by atoms with Gasteiger partial charge in [-0.15, -0.1) is 0 Å². The largest absolute Gasteiger partial charge is 0.421 e. The maximum Gasteiger partial charge on any atom is 0.421 e. The van der Waals surface area contributed by atoms with Crippen molar-refractivity contribution in [2.75, 3.05) is 13.1 Å². The van der Waals surface area contributed by atoms with E-state index in [9.17, 15) is 27.6 Å². The second kappa shape index (κ2) is 6.43. The van der Waals surface area contributed by atoms with Gasteiger partial charge in [-0.1, -0.05) is 6.92 Å². The highest BCUT2D eigenvalue weighted by Gasteiger charge is 2.34. The molecular weight excluding hydrogens is 315 g/mol. The Kier molecular flexibility index (Phi) is 4.76. The molecular formula is C14H16F3N3O3. The molecule has 2 N–H and O–H groups in total. The summed E-state index contributed by atoms with van der Waals surface area (Å²) in [5, 5.41) is 2.55. The van der Waals surface area contributed by atoms with Crippen LogP contribution in [-0.4, -0.2) is 40.8 Å². The topological polar surface area (TPSA) is 82.3 Å². The molecule has 0 aromatic carbocycles. The molecule has 1 fully saturated rings. The smallest absolute Gasteiger partial charge is 0.346 e. The van der Waals surface area contributed by atoms with Gasteiger partial charge in [0.1, 0.15) is 11.3 Å². The van der Waals surface area contributed by atoms with Crippen LogP contribution in [0.4, 0.5) is 13.2 Å². The number of rotatable bonds is 4. The van der Waals surface area contributed by atoms with Crippen molar-refractivity contribution in [2.45, 2.75) is 32.0 Å². The Morgan fingerprint density at radius 3 is 2.65 bits per heavy atom. The first-order valence-corrected chi connectivity index (χ1v) is 7.11. The predicted molar refractivity (Wildman–Crippen MR) is 74.8 cm³/mol. The minimum Gasteiger partial charge on any atom is -0.346 e. The molecule has 1 atom stereocenters. The number of likely N-dealkylation sites (tertiary alicyclic amines) is 1. The van der Waals surface area contributed by atoms with E-state index in [1.54, 1.807) is 4.90 Å². The monoisotopic (exact) mass is 331 g/mol. The second-order valence-corrected chi connectivity index (χ2v) is 5.33. The Morgan fingerprint density at radius 2 is 2.09 bits per heavy atom. The molecule has 23 heavy (non-hydrogen) atoms. The lowest BCUT2D eigenvalue weighted by atomic mass is 10.2. The van der Waals surface area contributed by atoms with Gasteiger partial charge in [-0.05, 0) is 18.6 Å². The maximum atomic E-state index is 12.5. The molecule has 1 aromatic heterocycles. The quantitative estimate of drug-likeness (QED) is 0.868. The molecule has 0 radical (unpaired) electrons. The Bertz CT molecular complexity index is 669. The van der Waals surface area contributed by atoms with Gasteiger partial charge in [-0.25, -0.2) is 0 Å². The Morgan fingerprint density at radius 1 is 1.39 bits per heavy atom. The number of amides is 2. The van der Waals surface area contributed by atoms with E-state index in [2.05, 4.69) is 5.32 Å². The van der Waals surface area contributed by atoms with Gasteiger partial charge in [-0.2, -0.15) is 13.2 Å². The summed E-state index contributed by atoms with van der Waals surface area (Å²) in [6, 6.07) is 1.05. The number of halogens is 3. The van der Waals surface area contributed by atoms with Crippen molar-refractivity contribution < 1.29 is 22.8 Å². The van der Waals surface area contributed by atoms with E-state index in [1.165, 1.54) is 0 Å². The average Bonchev–Trinajstić information content (AvgIpc) is 2.77. The lowest BCUT2D eigenvalue weighted by Crippen LogP contribution is -2.38. The van der Waals surface area contributed by atoms with Gasteiger partial charge >= 0.3 is 6.18 Å². The van der Waals surface area contributed by atoms with E-state index >= 15 is 0 Å². The molecule has 0 aliphatic carbocycles. The van der Waals surface area contributed by atoms with Gasteiger partial charge in [0.2, 0.25) is 5.91 Å². The van der Waals surface area contributed by atoms with Crippen molar-refractivity contribution in [1.82, 2.24) is 15.2 Å². The van der Waals surface area contributed by atoms with Gasteiger partial charge in [0.25, 0.3) is 11.5 Å². The van der Waals surface area contributed by atoms with E-state index in [0.29, 0.717) is 19.2 Å². The minimum atomic E-state index is -4.78. The van der Waals surface area contributed by atoms with Gasteiger partial charge in [-0.3, -0.25) is 14.4 Å². The predicted octanol–water partition coefficient (Wildman–Crippen LogP) is 1.13. The summed E-state index contributed by atoms with van der Waals surface area (Å²) in [4.78, 5) is 38.6. The summed E-state index contributed by atoms with van der Waals surface area (Å²) in [5.74, 6) is -0.801. The molecule has 9 heteroatoms. The fourth-order valence-corrected chi connectivity index (χ4v) is 2.45. The number of nitrogens with zero attached hydrogens (tertiary/aromatic N) is 1. The third-order valence-corrected chi connectivity index (χ3v) is 3.50. The number of carbonyl (C=O) groups excluding carboxylic acids is 2. The van der Waals surface area contributed by atoms with Crippen molar-refractivity contribution >= 4 is 11.8 Å². The fraction of sp³-hybridized carbons (Fsp3) is 0.500. The molecule has 0 bridgehead atoms. The van der Waals surface area contributed by atoms with Gasteiger partial charge in [0.15, 0.2) is 0 Å². The maximum absolute atomic E-state index is 12.5. The first-order chi connectivity index (χ1) is 10.7. The van der Waals surface area contributed by atoms with E-state index < -0.39 is 29.2 Å². The SMILES string of the molecule is CCCN1CC(NC(=O)c2ccc(C(F)(F)F)c(=O)[nH]2)CC1=O. The van der Waals surface area contributed by atoms with Crippen LogP contribution in [0.5, 0.6) is 0 Å². The Balaban J connectivity index is 2.06. The number of alkyl halides is 3. The Hall–Kier alpha value is -2.32. The van der Waals surface area contributed by atoms with Crippen LogP contribution < -0.4 is 10.9 Å². The number of H-pyrrole nitrogens is 1. The van der Waals surface area contributed by atoms with Gasteiger partial charge in [0.05, 0.1) is 6.04 Å². The van der Waals surface area contributed by atoms with Crippen LogP contribution in [-0.2, 0) is 11.0 Å². The second-order valence-electron chi connectivity index (χ2n) is 5.33. The highest BCUT2D eigenvalue weighted by atomic mass is 19.4. The van der Waals surface area contributed by atoms with Crippen LogP contribution >= 0.6 is 0 Å². The van der Waals surface area contributed by atoms with Gasteiger partial charge < -0.3 is 15.2 Å². The summed E-state index contributed by atoms with van der Waals surface area (Å²) in [6.07, 6.45) is -3.85. The number of aromatic amines is 1. The molecule has 2 rings (SSSR count). The molecule has 1 saturated heterocycles. The number of nitrogens with one attached hydrogen (secondary N) is 2. The van der Waals surface area contributed by atoms with Crippen molar-refractivity contribution in [3.05, 3.63) is 33.7 Å². The number of hydrogen-bond acceptors (Lipinski definition) is 3. The lowest BCUT2D eigenvalue weighted by molar-refractivity contribution is -0.138. The minimum absolute atomic E-state index is 0.0851. The molecule has 2 heterocycles. The number of pyridine rings is 1. The molecule has 1 aromatic rings. The molecule has 6 nitrogen and oxygen atoms in total. The molecule has 1 aliphatic rings. The van der Waals surface area contributed by atoms with Crippen LogP contribution in [0.15, 0.2) is 16.9 Å². The average molecular weight is 331 g/mol. The zero-order valence-electron chi connectivity index (χ0n) is 12.4. The third kappa shape index (κ3) is 3.91. The first kappa shape index (κ1) is 17.0. The molecule has 1 unspecified atom stereocenters. The summed E-state index contributed by atoms with van der Waals surface area (Å²) < 4.78 is 37.5. The number of aromatic nitrogens is 1. The van der Waals surface area contributed by atoms with Crippen molar-refractivity contribution in [2.24, 2.45) is 0 Å². The molecule has 1 aliphatic heterocycles. The molecule has 0 spiro atoms. The summed E-state index contributed by atoms with van der Waals surface area (Å²) in [5.41, 5.74) is -3.01. The van der Waals surface area contributed by atoms with E-state index in [4.69, 9.17) is 0 Å². The molecule has 2 amide bonds. The summed E-state index contributed by atoms with van der Waals surface area (Å²) >= 11 is 0. The van der Waals surface area contributed by atoms with Crippen LogP contribution in [0.3, 0.4) is 0 Å². The summed E-state index contributed by atoms with van der Waals surface area (Å²) in [6.45, 7) is 2.86. The number of hydrogen-bond donors (Lipinski definition) is 2. The molecule has 126 valence electrons. The van der Waals surface area contributed by atoms with E-state index in [0.717, 1.165) is 12.5 Å². The normalized spacial score (nSPS) is 18.3. The van der Waals surface area contributed by atoms with Crippen molar-refractivity contribution in [1.29, 1.82) is 0 Å². The van der Waals surface area contributed by atoms with E-state index in [1.807, 2.05) is 11.9 Å². The zero-order chi connectivity index (χ0) is 17.2. The molecule has 0 saturated carbocycles. The highest BCUT2D eigenvalue weighted by molar-refractivity contribution is 5.93. The Labute approximate surface area is 129 Å². The van der Waals surface area contributed by atoms with Crippen molar-refractivity contribution in [3.63, 3.8) is 0 Å². The zero-order valence-corrected chi connectivity index (χ0v) is 12.4. The first-order valence-electron chi connectivity index (χ1n) is 7.11. The number of carbonyl (C=O) groups is 2. The summed E-state index contributed by atoms with van der Waals surface area (Å²) in [7, 11) is 0. The van der Waals surface area contributed by atoms with Gasteiger partial charge in [0, 0.05) is 19.5 Å². The standard InChI is InChI=1S/C14H16F3N3O3/c1-2-5-20-7-8(6-11(20)21)18-13(23)10-4-3-9(12(22)19-10)14(15,16)17/h3-4,8H,2,5-7H2,1H3,(H,18,23)(H,19,22).